The van der Waals surface area contributed by atoms with Crippen molar-refractivity contribution in [2.24, 2.45) is 5.10 Å². The van der Waals surface area contributed by atoms with E-state index < -0.39 is 0 Å². The van der Waals surface area contributed by atoms with Crippen molar-refractivity contribution in [2.45, 2.75) is 24.0 Å². The Bertz CT molecular complexity index is 822. The number of thioether (sulfide) groups is 2. The summed E-state index contributed by atoms with van der Waals surface area (Å²) in [6.45, 7) is 2.58. The number of hydrogen-bond acceptors (Lipinski definition) is 6. The van der Waals surface area contributed by atoms with Crippen molar-refractivity contribution in [3.05, 3.63) is 59.7 Å². The van der Waals surface area contributed by atoms with E-state index in [-0.39, 0.29) is 9.99 Å². The zero-order valence-electron chi connectivity index (χ0n) is 16.0. The lowest BCUT2D eigenvalue weighted by Gasteiger charge is -2.19. The third-order valence-electron chi connectivity index (χ3n) is 4.21. The van der Waals surface area contributed by atoms with E-state index in [4.69, 9.17) is 9.47 Å². The predicted octanol–water partition coefficient (Wildman–Crippen LogP) is 4.31. The number of rotatable bonds is 8. The molecule has 148 valence electrons. The Morgan fingerprint density at radius 3 is 2.64 bits per heavy atom. The van der Waals surface area contributed by atoms with E-state index in [0.29, 0.717) is 24.5 Å². The zero-order chi connectivity index (χ0) is 19.8. The molecule has 0 bridgehead atoms. The van der Waals surface area contributed by atoms with E-state index in [1.807, 2.05) is 72.1 Å². The highest BCUT2D eigenvalue weighted by Gasteiger charge is 2.32. The number of carbonyl (C=O) groups excluding carboxylic acids is 1. The van der Waals surface area contributed by atoms with Crippen LogP contribution < -0.4 is 14.9 Å². The summed E-state index contributed by atoms with van der Waals surface area (Å²) >= 11 is 3.66. The van der Waals surface area contributed by atoms with Crippen LogP contribution in [-0.2, 0) is 11.4 Å². The summed E-state index contributed by atoms with van der Waals surface area (Å²) in [5.74, 6) is 3.40. The van der Waals surface area contributed by atoms with Gasteiger partial charge in [-0.1, -0.05) is 30.3 Å². The molecular formula is C21H24N2O3S2. The van der Waals surface area contributed by atoms with Gasteiger partial charge in [-0.05, 0) is 36.2 Å². The van der Waals surface area contributed by atoms with Crippen molar-refractivity contribution in [3.63, 3.8) is 0 Å². The maximum Gasteiger partial charge on any atom is 0.242 e. The van der Waals surface area contributed by atoms with Gasteiger partial charge in [-0.25, -0.2) is 5.43 Å². The third kappa shape index (κ3) is 5.94. The van der Waals surface area contributed by atoms with Gasteiger partial charge in [0.25, 0.3) is 0 Å². The van der Waals surface area contributed by atoms with Crippen molar-refractivity contribution in [2.75, 3.05) is 18.6 Å². The number of benzene rings is 2. The number of ether oxygens (including phenoxy) is 2. The van der Waals surface area contributed by atoms with E-state index in [9.17, 15) is 4.79 Å². The summed E-state index contributed by atoms with van der Waals surface area (Å²) in [5.41, 5.74) is 4.52. The van der Waals surface area contributed by atoms with Crippen LogP contribution in [0, 0.1) is 0 Å². The van der Waals surface area contributed by atoms with Crippen molar-refractivity contribution >= 4 is 35.6 Å². The van der Waals surface area contributed by atoms with E-state index >= 15 is 0 Å². The fraction of sp³-hybridized carbons (Fsp3) is 0.333. The monoisotopic (exact) mass is 416 g/mol. The molecule has 0 atom stereocenters. The van der Waals surface area contributed by atoms with Crippen LogP contribution in [0.2, 0.25) is 0 Å². The molecule has 1 fully saturated rings. The van der Waals surface area contributed by atoms with Crippen LogP contribution in [0.15, 0.2) is 53.6 Å². The van der Waals surface area contributed by atoms with Crippen molar-refractivity contribution < 1.29 is 14.3 Å². The molecule has 0 spiro atoms. The highest BCUT2D eigenvalue weighted by molar-refractivity contribution is 8.21. The number of hydrogen-bond donors (Lipinski definition) is 1. The molecule has 1 N–H and O–H groups in total. The fourth-order valence-electron chi connectivity index (χ4n) is 2.79. The maximum absolute atomic E-state index is 12.1. The number of nitrogens with zero attached hydrogens (tertiary/aromatic N) is 1. The second-order valence-electron chi connectivity index (χ2n) is 6.49. The molecule has 1 aliphatic rings. The Labute approximate surface area is 174 Å². The Kier molecular flexibility index (Phi) is 7.28. The molecule has 0 unspecified atom stereocenters. The van der Waals surface area contributed by atoms with Crippen LogP contribution in [0.1, 0.15) is 24.5 Å². The summed E-state index contributed by atoms with van der Waals surface area (Å²) in [7, 11) is 1.60. The van der Waals surface area contributed by atoms with Gasteiger partial charge in [0.15, 0.2) is 11.5 Å². The second kappa shape index (κ2) is 9.89. The molecular weight excluding hydrogens is 392 g/mol. The summed E-state index contributed by atoms with van der Waals surface area (Å²) < 4.78 is 11.2. The number of hydrazone groups is 1. The summed E-state index contributed by atoms with van der Waals surface area (Å²) in [5, 5.41) is 4.07. The molecule has 1 amide bonds. The average Bonchev–Trinajstić information content (AvgIpc) is 3.13. The highest BCUT2D eigenvalue weighted by Crippen LogP contribution is 2.45. The molecule has 0 aromatic heterocycles. The SMILES string of the molecule is COc1cc(/C=N\NC(=O)CC2(C)SCCS2)ccc1OCc1ccccc1. The van der Waals surface area contributed by atoms with E-state index in [0.717, 1.165) is 22.6 Å². The summed E-state index contributed by atoms with van der Waals surface area (Å²) in [6, 6.07) is 15.5. The van der Waals surface area contributed by atoms with Crippen LogP contribution in [0.25, 0.3) is 0 Å². The molecule has 2 aromatic carbocycles. The van der Waals surface area contributed by atoms with Gasteiger partial charge >= 0.3 is 0 Å². The Morgan fingerprint density at radius 1 is 1.18 bits per heavy atom. The molecule has 2 aromatic rings. The van der Waals surface area contributed by atoms with Gasteiger partial charge < -0.3 is 9.47 Å². The van der Waals surface area contributed by atoms with Crippen LogP contribution in [0.4, 0.5) is 0 Å². The zero-order valence-corrected chi connectivity index (χ0v) is 17.6. The lowest BCUT2D eigenvalue weighted by Crippen LogP contribution is -2.26. The smallest absolute Gasteiger partial charge is 0.242 e. The third-order valence-corrected chi connectivity index (χ3v) is 7.50. The Hall–Kier alpha value is -2.12. The first-order valence-corrected chi connectivity index (χ1v) is 11.0. The minimum Gasteiger partial charge on any atom is -0.493 e. The largest absolute Gasteiger partial charge is 0.493 e. The van der Waals surface area contributed by atoms with Gasteiger partial charge in [0, 0.05) is 11.5 Å². The number of carbonyl (C=O) groups is 1. The van der Waals surface area contributed by atoms with Crippen molar-refractivity contribution in [1.82, 2.24) is 5.43 Å². The fourth-order valence-corrected chi connectivity index (χ4v) is 5.62. The molecule has 1 saturated heterocycles. The molecule has 5 nitrogen and oxygen atoms in total. The second-order valence-corrected chi connectivity index (χ2v) is 9.94. The van der Waals surface area contributed by atoms with Crippen molar-refractivity contribution in [3.8, 4) is 11.5 Å². The number of methoxy groups -OCH3 is 1. The van der Waals surface area contributed by atoms with Gasteiger partial charge in [-0.2, -0.15) is 5.10 Å². The van der Waals surface area contributed by atoms with E-state index in [1.165, 1.54) is 0 Å². The quantitative estimate of drug-likeness (QED) is 0.513. The predicted molar refractivity (Wildman–Crippen MR) is 117 cm³/mol. The molecule has 3 rings (SSSR count). The molecule has 28 heavy (non-hydrogen) atoms. The first kappa shape index (κ1) is 20.6. The Morgan fingerprint density at radius 2 is 1.93 bits per heavy atom. The van der Waals surface area contributed by atoms with Crippen LogP contribution in [-0.4, -0.2) is 34.8 Å². The minimum absolute atomic E-state index is 0.0411. The standard InChI is InChI=1S/C21H24N2O3S2/c1-21(27-10-11-28-21)13-20(24)23-22-14-17-8-9-18(19(12-17)25-2)26-15-16-6-4-3-5-7-16/h3-9,12,14H,10-11,13,15H2,1-2H3,(H,23,24)/b22-14-. The van der Waals surface area contributed by atoms with Crippen molar-refractivity contribution in [1.29, 1.82) is 0 Å². The molecule has 1 aliphatic heterocycles. The Balaban J connectivity index is 1.55. The summed E-state index contributed by atoms with van der Waals surface area (Å²) in [6.07, 6.45) is 2.06. The van der Waals surface area contributed by atoms with Gasteiger partial charge in [0.1, 0.15) is 6.61 Å². The minimum atomic E-state index is -0.0737. The number of amides is 1. The molecule has 7 heteroatoms. The molecule has 0 radical (unpaired) electrons. The highest BCUT2D eigenvalue weighted by atomic mass is 32.2. The van der Waals surface area contributed by atoms with Crippen LogP contribution in [0.5, 0.6) is 11.5 Å². The molecule has 0 saturated carbocycles. The first-order chi connectivity index (χ1) is 13.6. The topological polar surface area (TPSA) is 59.9 Å². The average molecular weight is 417 g/mol. The summed E-state index contributed by atoms with van der Waals surface area (Å²) in [4.78, 5) is 12.1. The van der Waals surface area contributed by atoms with Crippen LogP contribution in [0.3, 0.4) is 0 Å². The van der Waals surface area contributed by atoms with E-state index in [2.05, 4.69) is 17.5 Å². The van der Waals surface area contributed by atoms with E-state index in [1.54, 1.807) is 13.3 Å². The molecule has 1 heterocycles. The van der Waals surface area contributed by atoms with Gasteiger partial charge in [0.2, 0.25) is 5.91 Å². The van der Waals surface area contributed by atoms with Gasteiger partial charge in [-0.15, -0.1) is 23.5 Å². The number of nitrogens with one attached hydrogen (secondary N) is 1. The first-order valence-electron chi connectivity index (χ1n) is 9.02. The van der Waals surface area contributed by atoms with Gasteiger partial charge in [0.05, 0.1) is 23.8 Å². The lowest BCUT2D eigenvalue weighted by molar-refractivity contribution is -0.121. The van der Waals surface area contributed by atoms with Crippen LogP contribution >= 0.6 is 23.5 Å². The maximum atomic E-state index is 12.1. The van der Waals surface area contributed by atoms with Gasteiger partial charge in [-0.3, -0.25) is 4.79 Å². The lowest BCUT2D eigenvalue weighted by atomic mass is 10.2. The molecule has 0 aliphatic carbocycles. The normalized spacial score (nSPS) is 15.5.